The molecule has 0 saturated heterocycles. The fourth-order valence-corrected chi connectivity index (χ4v) is 3.19. The first-order valence-electron chi connectivity index (χ1n) is 7.19. The number of aliphatic hydroxyl groups is 1. The van der Waals surface area contributed by atoms with Crippen molar-refractivity contribution >= 4 is 22.5 Å². The summed E-state index contributed by atoms with van der Waals surface area (Å²) in [6.07, 6.45) is 0. The van der Waals surface area contributed by atoms with Crippen molar-refractivity contribution in [3.05, 3.63) is 48.0 Å². The van der Waals surface area contributed by atoms with Crippen LogP contribution in [0.3, 0.4) is 0 Å². The first kappa shape index (κ1) is 15.4. The number of thioether (sulfide) groups is 1. The Morgan fingerprint density at radius 1 is 1.15 bits per heavy atom. The normalized spacial score (nSPS) is 14.3. The van der Waals surface area contributed by atoms with E-state index in [0.29, 0.717) is 6.04 Å². The molecule has 0 aliphatic rings. The van der Waals surface area contributed by atoms with Gasteiger partial charge in [-0.2, -0.15) is 11.8 Å². The first-order valence-corrected chi connectivity index (χ1v) is 8.24. The predicted molar refractivity (Wildman–Crippen MR) is 89.4 cm³/mol. The molecule has 2 rings (SSSR count). The summed E-state index contributed by atoms with van der Waals surface area (Å²) in [5.74, 6) is 0.980. The van der Waals surface area contributed by atoms with Gasteiger partial charge in [-0.1, -0.05) is 50.2 Å². The van der Waals surface area contributed by atoms with Gasteiger partial charge in [0.05, 0.1) is 6.61 Å². The molecule has 2 unspecified atom stereocenters. The Morgan fingerprint density at radius 3 is 2.60 bits per heavy atom. The molecule has 0 amide bonds. The molecule has 2 aromatic carbocycles. The topological polar surface area (TPSA) is 32.3 Å². The molecule has 0 spiro atoms. The smallest absolute Gasteiger partial charge is 0.0547 e. The zero-order valence-corrected chi connectivity index (χ0v) is 13.0. The summed E-state index contributed by atoms with van der Waals surface area (Å²) in [7, 11) is 0. The summed E-state index contributed by atoms with van der Waals surface area (Å²) in [4.78, 5) is 0. The van der Waals surface area contributed by atoms with Crippen LogP contribution in [-0.2, 0) is 0 Å². The highest BCUT2D eigenvalue weighted by Crippen LogP contribution is 2.24. The van der Waals surface area contributed by atoms with Gasteiger partial charge in [0, 0.05) is 17.0 Å². The van der Waals surface area contributed by atoms with Gasteiger partial charge < -0.3 is 10.4 Å². The minimum Gasteiger partial charge on any atom is -0.395 e. The molecule has 0 fully saturated rings. The molecule has 0 aliphatic carbocycles. The molecule has 2 N–H and O–H groups in total. The van der Waals surface area contributed by atoms with Gasteiger partial charge >= 0.3 is 0 Å². The zero-order chi connectivity index (χ0) is 14.4. The molecule has 20 heavy (non-hydrogen) atoms. The Kier molecular flexibility index (Phi) is 5.89. The average Bonchev–Trinajstić information content (AvgIpc) is 2.50. The fraction of sp³-hybridized carbons (Fsp3) is 0.412. The lowest BCUT2D eigenvalue weighted by molar-refractivity contribution is 0.300. The second kappa shape index (κ2) is 7.67. The van der Waals surface area contributed by atoms with Crippen molar-refractivity contribution in [2.24, 2.45) is 0 Å². The van der Waals surface area contributed by atoms with E-state index in [4.69, 9.17) is 5.11 Å². The van der Waals surface area contributed by atoms with Gasteiger partial charge in [0.2, 0.25) is 0 Å². The lowest BCUT2D eigenvalue weighted by Crippen LogP contribution is -2.24. The van der Waals surface area contributed by atoms with E-state index in [1.807, 2.05) is 11.8 Å². The number of rotatable bonds is 7. The number of aliphatic hydroxyl groups excluding tert-OH is 1. The SMILES string of the molecule is CCNC(CSC(C)CO)c1ccc2ccccc2c1. The predicted octanol–water partition coefficient (Wildman–Crippen LogP) is 3.60. The summed E-state index contributed by atoms with van der Waals surface area (Å²) in [5, 5.41) is 15.5. The first-order chi connectivity index (χ1) is 9.74. The van der Waals surface area contributed by atoms with Crippen molar-refractivity contribution in [1.29, 1.82) is 0 Å². The quantitative estimate of drug-likeness (QED) is 0.817. The van der Waals surface area contributed by atoms with Crippen LogP contribution in [0.15, 0.2) is 42.5 Å². The molecule has 2 nitrogen and oxygen atoms in total. The molecule has 2 aromatic rings. The number of nitrogens with one attached hydrogen (secondary N) is 1. The standard InChI is InChI=1S/C17H23NOS/c1-3-18-17(12-20-13(2)11-19)16-9-8-14-6-4-5-7-15(14)10-16/h4-10,13,17-19H,3,11-12H2,1-2H3. The molecule has 0 aliphatic heterocycles. The van der Waals surface area contributed by atoms with Gasteiger partial charge in [-0.15, -0.1) is 0 Å². The summed E-state index contributed by atoms with van der Waals surface area (Å²) >= 11 is 1.81. The zero-order valence-electron chi connectivity index (χ0n) is 12.2. The fourth-order valence-electron chi connectivity index (χ4n) is 2.26. The van der Waals surface area contributed by atoms with E-state index in [0.717, 1.165) is 12.3 Å². The molecule has 108 valence electrons. The van der Waals surface area contributed by atoms with Crippen molar-refractivity contribution in [2.75, 3.05) is 18.9 Å². The van der Waals surface area contributed by atoms with Gasteiger partial charge in [0.25, 0.3) is 0 Å². The largest absolute Gasteiger partial charge is 0.395 e. The van der Waals surface area contributed by atoms with Crippen LogP contribution in [0, 0.1) is 0 Å². The number of hydrogen-bond acceptors (Lipinski definition) is 3. The Hall–Kier alpha value is -1.03. The van der Waals surface area contributed by atoms with Crippen LogP contribution >= 0.6 is 11.8 Å². The molecular formula is C17H23NOS. The Morgan fingerprint density at radius 2 is 1.90 bits per heavy atom. The Bertz CT molecular complexity index is 543. The van der Waals surface area contributed by atoms with Crippen molar-refractivity contribution in [3.63, 3.8) is 0 Å². The van der Waals surface area contributed by atoms with E-state index >= 15 is 0 Å². The van der Waals surface area contributed by atoms with Crippen molar-refractivity contribution < 1.29 is 5.11 Å². The number of fused-ring (bicyclic) bond motifs is 1. The third-order valence-electron chi connectivity index (χ3n) is 3.43. The van der Waals surface area contributed by atoms with Gasteiger partial charge in [0.1, 0.15) is 0 Å². The van der Waals surface area contributed by atoms with E-state index in [1.165, 1.54) is 16.3 Å². The lowest BCUT2D eigenvalue weighted by Gasteiger charge is -2.20. The monoisotopic (exact) mass is 289 g/mol. The highest BCUT2D eigenvalue weighted by atomic mass is 32.2. The maximum Gasteiger partial charge on any atom is 0.0547 e. The van der Waals surface area contributed by atoms with Gasteiger partial charge in [-0.25, -0.2) is 0 Å². The van der Waals surface area contributed by atoms with Crippen molar-refractivity contribution in [2.45, 2.75) is 25.1 Å². The minimum atomic E-state index is 0.237. The molecule has 3 heteroatoms. The molecule has 0 aromatic heterocycles. The maximum atomic E-state index is 9.15. The molecule has 0 heterocycles. The highest BCUT2D eigenvalue weighted by molar-refractivity contribution is 7.99. The van der Waals surface area contributed by atoms with Crippen LogP contribution in [-0.4, -0.2) is 29.3 Å². The van der Waals surface area contributed by atoms with E-state index in [1.54, 1.807) is 0 Å². The van der Waals surface area contributed by atoms with Crippen LogP contribution in [0.25, 0.3) is 10.8 Å². The molecule has 2 atom stereocenters. The van der Waals surface area contributed by atoms with Crippen molar-refractivity contribution in [1.82, 2.24) is 5.32 Å². The molecular weight excluding hydrogens is 266 g/mol. The summed E-state index contributed by atoms with van der Waals surface area (Å²) < 4.78 is 0. The Labute approximate surface area is 125 Å². The van der Waals surface area contributed by atoms with Gasteiger partial charge in [0.15, 0.2) is 0 Å². The van der Waals surface area contributed by atoms with E-state index in [2.05, 4.69) is 61.6 Å². The summed E-state index contributed by atoms with van der Waals surface area (Å²) in [6.45, 7) is 5.38. The van der Waals surface area contributed by atoms with Crippen LogP contribution in [0.5, 0.6) is 0 Å². The van der Waals surface area contributed by atoms with E-state index in [-0.39, 0.29) is 11.9 Å². The summed E-state index contributed by atoms with van der Waals surface area (Å²) in [6, 6.07) is 15.5. The van der Waals surface area contributed by atoms with Crippen LogP contribution in [0.1, 0.15) is 25.5 Å². The second-order valence-corrected chi connectivity index (χ2v) is 6.51. The number of hydrogen-bond donors (Lipinski definition) is 2. The van der Waals surface area contributed by atoms with Gasteiger partial charge in [-0.3, -0.25) is 0 Å². The van der Waals surface area contributed by atoms with E-state index in [9.17, 15) is 0 Å². The molecule has 0 saturated carbocycles. The van der Waals surface area contributed by atoms with Crippen LogP contribution in [0.4, 0.5) is 0 Å². The highest BCUT2D eigenvalue weighted by Gasteiger charge is 2.12. The third-order valence-corrected chi connectivity index (χ3v) is 4.67. The molecule has 0 radical (unpaired) electrons. The van der Waals surface area contributed by atoms with Crippen LogP contribution in [0.2, 0.25) is 0 Å². The number of benzene rings is 2. The van der Waals surface area contributed by atoms with E-state index < -0.39 is 0 Å². The second-order valence-electron chi connectivity index (χ2n) is 5.04. The molecule has 0 bridgehead atoms. The van der Waals surface area contributed by atoms with Crippen LogP contribution < -0.4 is 5.32 Å². The minimum absolute atomic E-state index is 0.237. The third kappa shape index (κ3) is 3.98. The lowest BCUT2D eigenvalue weighted by atomic mass is 10.0. The van der Waals surface area contributed by atoms with Gasteiger partial charge in [-0.05, 0) is 28.9 Å². The van der Waals surface area contributed by atoms with Crippen molar-refractivity contribution in [3.8, 4) is 0 Å². The Balaban J connectivity index is 2.17. The maximum absolute atomic E-state index is 9.15. The summed E-state index contributed by atoms with van der Waals surface area (Å²) in [5.41, 5.74) is 1.32. The average molecular weight is 289 g/mol.